The van der Waals surface area contributed by atoms with Gasteiger partial charge in [0.05, 0.1) is 0 Å². The summed E-state index contributed by atoms with van der Waals surface area (Å²) in [5.41, 5.74) is 2.38. The van der Waals surface area contributed by atoms with Crippen LogP contribution in [0.1, 0.15) is 11.1 Å². The van der Waals surface area contributed by atoms with Crippen LogP contribution in [0.5, 0.6) is 0 Å². The molecule has 0 N–H and O–H groups in total. The van der Waals surface area contributed by atoms with E-state index in [-0.39, 0.29) is 0 Å². The molecule has 0 nitrogen and oxygen atoms in total. The Morgan fingerprint density at radius 2 is 1.25 bits per heavy atom. The van der Waals surface area contributed by atoms with Gasteiger partial charge < -0.3 is 0 Å². The van der Waals surface area contributed by atoms with Gasteiger partial charge in [-0.25, -0.2) is 0 Å². The number of benzene rings is 2. The Kier molecular flexibility index (Phi) is 1.61. The molecule has 0 heterocycles. The minimum atomic E-state index is 1.15. The van der Waals surface area contributed by atoms with Gasteiger partial charge in [0.2, 0.25) is 0 Å². The molecule has 58 valence electrons. The number of hydrogen-bond donors (Lipinski definition) is 0. The lowest BCUT2D eigenvalue weighted by atomic mass is 10.0. The molecular formula is C12H10. The summed E-state index contributed by atoms with van der Waals surface area (Å²) in [6, 6.07) is 14.8. The minimum Gasteiger partial charge on any atom is -0.0616 e. The molecule has 0 aromatic heterocycles. The van der Waals surface area contributed by atoms with Crippen molar-refractivity contribution in [1.29, 1.82) is 0 Å². The first-order valence-electron chi connectivity index (χ1n) is 4.08. The highest BCUT2D eigenvalue weighted by atomic mass is 14.0. The van der Waals surface area contributed by atoms with Crippen LogP contribution in [0, 0.1) is 26.0 Å². The molecule has 0 atom stereocenters. The predicted molar refractivity (Wildman–Crippen MR) is 51.1 cm³/mol. The van der Waals surface area contributed by atoms with Crippen LogP contribution < -0.4 is 0 Å². The van der Waals surface area contributed by atoms with Crippen LogP contribution in [-0.4, -0.2) is 0 Å². The summed E-state index contributed by atoms with van der Waals surface area (Å²) >= 11 is 0. The number of fused-ring (bicyclic) bond motifs is 1. The summed E-state index contributed by atoms with van der Waals surface area (Å²) in [6.45, 7) is 4.14. The molecule has 0 aliphatic carbocycles. The highest BCUT2D eigenvalue weighted by Gasteiger charge is 1.96. The lowest BCUT2D eigenvalue weighted by Crippen LogP contribution is -1.82. The number of aryl methyl sites for hydroxylation is 2. The standard InChI is InChI=1S/C12H10/c1-9-7-11-5-3-4-6-12(11)8-10(9)2/h3-6H,1-2H3. The van der Waals surface area contributed by atoms with Gasteiger partial charge in [0.15, 0.2) is 0 Å². The zero-order chi connectivity index (χ0) is 8.55. The van der Waals surface area contributed by atoms with E-state index in [1.165, 1.54) is 11.1 Å². The van der Waals surface area contributed by atoms with Gasteiger partial charge in [-0.15, -0.1) is 0 Å². The molecule has 2 aromatic carbocycles. The van der Waals surface area contributed by atoms with E-state index in [0.717, 1.165) is 10.8 Å². The predicted octanol–water partition coefficient (Wildman–Crippen LogP) is 3.06. The SMILES string of the molecule is Cc1[c]c2ccccc2[c]c1C. The van der Waals surface area contributed by atoms with Gasteiger partial charge in [0.1, 0.15) is 0 Å². The molecule has 0 amide bonds. The maximum absolute atomic E-state index is 3.33. The quantitative estimate of drug-likeness (QED) is 0.547. The Balaban J connectivity index is 2.84. The third kappa shape index (κ3) is 1.10. The van der Waals surface area contributed by atoms with Gasteiger partial charge in [-0.2, -0.15) is 0 Å². The molecule has 0 spiro atoms. The Bertz CT molecular complexity index is 373. The fourth-order valence-corrected chi connectivity index (χ4v) is 1.29. The van der Waals surface area contributed by atoms with Gasteiger partial charge in [0, 0.05) is 0 Å². The van der Waals surface area contributed by atoms with Crippen molar-refractivity contribution in [2.75, 3.05) is 0 Å². The van der Waals surface area contributed by atoms with Crippen molar-refractivity contribution in [2.24, 2.45) is 0 Å². The Hall–Kier alpha value is -1.30. The third-order valence-electron chi connectivity index (χ3n) is 2.13. The van der Waals surface area contributed by atoms with E-state index in [1.807, 2.05) is 12.1 Å². The molecule has 0 aliphatic heterocycles. The van der Waals surface area contributed by atoms with Crippen LogP contribution in [0.2, 0.25) is 0 Å². The summed E-state index contributed by atoms with van der Waals surface area (Å²) in [6.07, 6.45) is 0. The molecule has 2 radical (unpaired) electrons. The van der Waals surface area contributed by atoms with Crippen LogP contribution in [0.15, 0.2) is 24.3 Å². The van der Waals surface area contributed by atoms with E-state index in [1.54, 1.807) is 0 Å². The van der Waals surface area contributed by atoms with Crippen LogP contribution in [0.25, 0.3) is 10.8 Å². The third-order valence-corrected chi connectivity index (χ3v) is 2.13. The molecule has 0 unspecified atom stereocenters. The van der Waals surface area contributed by atoms with E-state index in [2.05, 4.69) is 38.1 Å². The van der Waals surface area contributed by atoms with Gasteiger partial charge in [-0.1, -0.05) is 24.3 Å². The molecule has 2 aromatic rings. The van der Waals surface area contributed by atoms with Crippen LogP contribution >= 0.6 is 0 Å². The van der Waals surface area contributed by atoms with Crippen LogP contribution in [0.3, 0.4) is 0 Å². The molecule has 0 bridgehead atoms. The fourth-order valence-electron chi connectivity index (χ4n) is 1.29. The molecule has 12 heavy (non-hydrogen) atoms. The number of rotatable bonds is 0. The highest BCUT2D eigenvalue weighted by molar-refractivity contribution is 5.82. The van der Waals surface area contributed by atoms with Gasteiger partial charge in [-0.3, -0.25) is 0 Å². The summed E-state index contributed by atoms with van der Waals surface area (Å²) in [5, 5.41) is 2.31. The molecule has 0 saturated carbocycles. The largest absolute Gasteiger partial charge is 0.0616 e. The zero-order valence-electron chi connectivity index (χ0n) is 7.31. The molecule has 0 aliphatic rings. The van der Waals surface area contributed by atoms with Crippen molar-refractivity contribution >= 4 is 10.8 Å². The monoisotopic (exact) mass is 154 g/mol. The Morgan fingerprint density at radius 3 is 1.67 bits per heavy atom. The average Bonchev–Trinajstić information content (AvgIpc) is 2.07. The maximum atomic E-state index is 3.33. The topological polar surface area (TPSA) is 0 Å². The van der Waals surface area contributed by atoms with Crippen molar-refractivity contribution < 1.29 is 0 Å². The first kappa shape index (κ1) is 7.35. The summed E-state index contributed by atoms with van der Waals surface area (Å²) in [4.78, 5) is 0. The van der Waals surface area contributed by atoms with E-state index < -0.39 is 0 Å². The minimum absolute atomic E-state index is 1.15. The van der Waals surface area contributed by atoms with E-state index in [4.69, 9.17) is 0 Å². The molecule has 0 saturated heterocycles. The first-order chi connectivity index (χ1) is 5.77. The Labute approximate surface area is 72.8 Å². The molecule has 0 fully saturated rings. The van der Waals surface area contributed by atoms with Gasteiger partial charge in [-0.05, 0) is 47.9 Å². The van der Waals surface area contributed by atoms with Gasteiger partial charge in [0.25, 0.3) is 0 Å². The van der Waals surface area contributed by atoms with Crippen molar-refractivity contribution in [3.05, 3.63) is 47.5 Å². The second-order valence-corrected chi connectivity index (χ2v) is 3.05. The van der Waals surface area contributed by atoms with E-state index in [0.29, 0.717) is 0 Å². The van der Waals surface area contributed by atoms with E-state index >= 15 is 0 Å². The Morgan fingerprint density at radius 1 is 0.833 bits per heavy atom. The summed E-state index contributed by atoms with van der Waals surface area (Å²) < 4.78 is 0. The van der Waals surface area contributed by atoms with Crippen LogP contribution in [0.4, 0.5) is 0 Å². The van der Waals surface area contributed by atoms with Crippen molar-refractivity contribution in [3.63, 3.8) is 0 Å². The maximum Gasteiger partial charge on any atom is -0.00640 e. The lowest BCUT2D eigenvalue weighted by molar-refractivity contribution is 1.35. The lowest BCUT2D eigenvalue weighted by Gasteiger charge is -2.01. The smallest absolute Gasteiger partial charge is 0.00640 e. The van der Waals surface area contributed by atoms with Gasteiger partial charge >= 0.3 is 0 Å². The summed E-state index contributed by atoms with van der Waals surface area (Å²) in [5.74, 6) is 0. The molecular weight excluding hydrogens is 144 g/mol. The van der Waals surface area contributed by atoms with E-state index in [9.17, 15) is 0 Å². The molecule has 2 rings (SSSR count). The molecule has 0 heteroatoms. The first-order valence-corrected chi connectivity index (χ1v) is 4.08. The highest BCUT2D eigenvalue weighted by Crippen LogP contribution is 2.16. The van der Waals surface area contributed by atoms with Crippen LogP contribution in [-0.2, 0) is 0 Å². The number of hydrogen-bond acceptors (Lipinski definition) is 0. The zero-order valence-corrected chi connectivity index (χ0v) is 7.31. The normalized spacial score (nSPS) is 10.5. The van der Waals surface area contributed by atoms with Crippen molar-refractivity contribution in [3.8, 4) is 0 Å². The average molecular weight is 154 g/mol. The van der Waals surface area contributed by atoms with Crippen molar-refractivity contribution in [1.82, 2.24) is 0 Å². The second-order valence-electron chi connectivity index (χ2n) is 3.05. The van der Waals surface area contributed by atoms with Crippen molar-refractivity contribution in [2.45, 2.75) is 13.8 Å². The second kappa shape index (κ2) is 2.63. The summed E-state index contributed by atoms with van der Waals surface area (Å²) in [7, 11) is 0. The fraction of sp³-hybridized carbons (Fsp3) is 0.167.